The molecule has 2 rings (SSSR count). The molecule has 2 aromatic rings. The van der Waals surface area contributed by atoms with Gasteiger partial charge < -0.3 is 4.74 Å². The van der Waals surface area contributed by atoms with E-state index in [-0.39, 0.29) is 16.5 Å². The van der Waals surface area contributed by atoms with Gasteiger partial charge in [-0.25, -0.2) is 0 Å². The summed E-state index contributed by atoms with van der Waals surface area (Å²) in [6.07, 6.45) is -4.62. The Morgan fingerprint density at radius 1 is 1.10 bits per heavy atom. The van der Waals surface area contributed by atoms with Gasteiger partial charge in [0.15, 0.2) is 0 Å². The molecule has 0 aliphatic rings. The minimum atomic E-state index is -4.62. The topological polar surface area (TPSA) is 52.4 Å². The van der Waals surface area contributed by atoms with Crippen molar-refractivity contribution in [3.05, 3.63) is 63.2 Å². The Morgan fingerprint density at radius 3 is 2.24 bits per heavy atom. The van der Waals surface area contributed by atoms with Gasteiger partial charge >= 0.3 is 6.18 Å². The van der Waals surface area contributed by atoms with E-state index in [2.05, 4.69) is 0 Å². The number of hydrogen-bond acceptors (Lipinski definition) is 3. The van der Waals surface area contributed by atoms with E-state index in [9.17, 15) is 23.3 Å². The second kappa shape index (κ2) is 5.61. The predicted molar refractivity (Wildman–Crippen MR) is 69.6 cm³/mol. The molecule has 0 heterocycles. The van der Waals surface area contributed by atoms with Crippen LogP contribution < -0.4 is 4.74 Å². The third-order valence-corrected chi connectivity index (χ3v) is 2.76. The standard InChI is InChI=1S/C13H7ClF3NO3/c14-8-1-6-12(11(7-8)13(15,16)17)21-10-4-2-9(3-5-10)18(19)20/h1-7H. The second-order valence-electron chi connectivity index (χ2n) is 3.99. The van der Waals surface area contributed by atoms with Crippen molar-refractivity contribution < 1.29 is 22.8 Å². The molecule has 0 amide bonds. The van der Waals surface area contributed by atoms with Crippen LogP contribution in [0.5, 0.6) is 11.5 Å². The third kappa shape index (κ3) is 3.63. The number of nitro benzene ring substituents is 1. The molecular weight excluding hydrogens is 311 g/mol. The van der Waals surface area contributed by atoms with Gasteiger partial charge in [0.05, 0.1) is 10.5 Å². The average molecular weight is 318 g/mol. The molecule has 2 aromatic carbocycles. The Labute approximate surface area is 121 Å². The number of benzene rings is 2. The molecule has 4 nitrogen and oxygen atoms in total. The molecule has 0 saturated heterocycles. The highest BCUT2D eigenvalue weighted by Crippen LogP contribution is 2.39. The molecule has 0 bridgehead atoms. The van der Waals surface area contributed by atoms with Crippen molar-refractivity contribution in [2.75, 3.05) is 0 Å². The number of ether oxygens (including phenoxy) is 1. The second-order valence-corrected chi connectivity index (χ2v) is 4.43. The van der Waals surface area contributed by atoms with E-state index in [1.807, 2.05) is 0 Å². The summed E-state index contributed by atoms with van der Waals surface area (Å²) in [5.74, 6) is -0.380. The molecule has 0 aliphatic carbocycles. The molecule has 0 unspecified atom stereocenters. The van der Waals surface area contributed by atoms with Gasteiger partial charge in [0.25, 0.3) is 5.69 Å². The molecule has 0 aliphatic heterocycles. The summed E-state index contributed by atoms with van der Waals surface area (Å²) in [5.41, 5.74) is -1.21. The number of non-ortho nitro benzene ring substituents is 1. The smallest absolute Gasteiger partial charge is 0.420 e. The molecule has 0 spiro atoms. The molecular formula is C13H7ClF3NO3. The van der Waals surface area contributed by atoms with Gasteiger partial charge in [-0.15, -0.1) is 0 Å². The lowest BCUT2D eigenvalue weighted by Crippen LogP contribution is -2.07. The summed E-state index contributed by atoms with van der Waals surface area (Å²) in [5, 5.41) is 10.4. The van der Waals surface area contributed by atoms with Gasteiger partial charge in [-0.3, -0.25) is 10.1 Å². The molecule has 21 heavy (non-hydrogen) atoms. The number of nitro groups is 1. The van der Waals surface area contributed by atoms with E-state index in [0.29, 0.717) is 0 Å². The fourth-order valence-electron chi connectivity index (χ4n) is 1.58. The highest BCUT2D eigenvalue weighted by Gasteiger charge is 2.34. The molecule has 8 heteroatoms. The van der Waals surface area contributed by atoms with Gasteiger partial charge in [-0.1, -0.05) is 11.6 Å². The van der Waals surface area contributed by atoms with Crippen LogP contribution in [0.1, 0.15) is 5.56 Å². The quantitative estimate of drug-likeness (QED) is 0.587. The van der Waals surface area contributed by atoms with Crippen LogP contribution in [-0.2, 0) is 6.18 Å². The SMILES string of the molecule is O=[N+]([O-])c1ccc(Oc2ccc(Cl)cc2C(F)(F)F)cc1. The Balaban J connectivity index is 2.33. The van der Waals surface area contributed by atoms with Crippen LogP contribution in [0, 0.1) is 10.1 Å². The van der Waals surface area contributed by atoms with Crippen LogP contribution in [0.25, 0.3) is 0 Å². The number of hydrogen-bond donors (Lipinski definition) is 0. The zero-order valence-electron chi connectivity index (χ0n) is 10.2. The Bertz CT molecular complexity index is 671. The highest BCUT2D eigenvalue weighted by molar-refractivity contribution is 6.30. The summed E-state index contributed by atoms with van der Waals surface area (Å²) < 4.78 is 43.7. The summed E-state index contributed by atoms with van der Waals surface area (Å²) in [7, 11) is 0. The number of halogens is 4. The molecule has 110 valence electrons. The molecule has 0 fully saturated rings. The van der Waals surface area contributed by atoms with Crippen LogP contribution >= 0.6 is 11.6 Å². The van der Waals surface area contributed by atoms with Gasteiger partial charge in [-0.2, -0.15) is 13.2 Å². The average Bonchev–Trinajstić information content (AvgIpc) is 2.40. The van der Waals surface area contributed by atoms with Crippen LogP contribution in [-0.4, -0.2) is 4.92 Å². The maximum absolute atomic E-state index is 12.9. The fraction of sp³-hybridized carbons (Fsp3) is 0.0769. The van der Waals surface area contributed by atoms with Crippen molar-refractivity contribution >= 4 is 17.3 Å². The van der Waals surface area contributed by atoms with E-state index < -0.39 is 22.4 Å². The number of nitrogens with zero attached hydrogens (tertiary/aromatic N) is 1. The van der Waals surface area contributed by atoms with Crippen molar-refractivity contribution in [1.29, 1.82) is 0 Å². The van der Waals surface area contributed by atoms with E-state index in [1.165, 1.54) is 18.2 Å². The molecule has 0 saturated carbocycles. The minimum absolute atomic E-state index is 0.0495. The first kappa shape index (κ1) is 15.1. The first-order chi connectivity index (χ1) is 9.77. The maximum Gasteiger partial charge on any atom is 0.420 e. The van der Waals surface area contributed by atoms with Gasteiger partial charge in [0.2, 0.25) is 0 Å². The Kier molecular flexibility index (Phi) is 4.04. The van der Waals surface area contributed by atoms with E-state index >= 15 is 0 Å². The Morgan fingerprint density at radius 2 is 1.71 bits per heavy atom. The summed E-state index contributed by atoms with van der Waals surface area (Å²) in [6, 6.07) is 7.81. The van der Waals surface area contributed by atoms with Crippen molar-refractivity contribution in [1.82, 2.24) is 0 Å². The lowest BCUT2D eigenvalue weighted by molar-refractivity contribution is -0.384. The van der Waals surface area contributed by atoms with Crippen molar-refractivity contribution in [2.24, 2.45) is 0 Å². The van der Waals surface area contributed by atoms with Crippen LogP contribution in [0.15, 0.2) is 42.5 Å². The third-order valence-electron chi connectivity index (χ3n) is 2.52. The van der Waals surface area contributed by atoms with E-state index in [0.717, 1.165) is 24.3 Å². The zero-order valence-corrected chi connectivity index (χ0v) is 11.0. The first-order valence-electron chi connectivity index (χ1n) is 5.56. The van der Waals surface area contributed by atoms with Crippen LogP contribution in [0.2, 0.25) is 5.02 Å². The Hall–Kier alpha value is -2.28. The minimum Gasteiger partial charge on any atom is -0.457 e. The summed E-state index contributed by atoms with van der Waals surface area (Å²) >= 11 is 5.55. The largest absolute Gasteiger partial charge is 0.457 e. The molecule has 0 atom stereocenters. The lowest BCUT2D eigenvalue weighted by atomic mass is 10.2. The summed E-state index contributed by atoms with van der Waals surface area (Å²) in [4.78, 5) is 9.88. The van der Waals surface area contributed by atoms with Crippen molar-refractivity contribution in [3.63, 3.8) is 0 Å². The lowest BCUT2D eigenvalue weighted by Gasteiger charge is -2.13. The van der Waals surface area contributed by atoms with Gasteiger partial charge in [0, 0.05) is 17.2 Å². The van der Waals surface area contributed by atoms with Gasteiger partial charge in [0.1, 0.15) is 11.5 Å². The van der Waals surface area contributed by atoms with E-state index in [4.69, 9.17) is 16.3 Å². The molecule has 0 N–H and O–H groups in total. The number of rotatable bonds is 3. The predicted octanol–water partition coefficient (Wildman–Crippen LogP) is 5.06. The van der Waals surface area contributed by atoms with Crippen molar-refractivity contribution in [2.45, 2.75) is 6.18 Å². The van der Waals surface area contributed by atoms with Gasteiger partial charge in [-0.05, 0) is 30.3 Å². The first-order valence-corrected chi connectivity index (χ1v) is 5.94. The monoisotopic (exact) mass is 317 g/mol. The van der Waals surface area contributed by atoms with Crippen LogP contribution in [0.4, 0.5) is 18.9 Å². The van der Waals surface area contributed by atoms with E-state index in [1.54, 1.807) is 0 Å². The van der Waals surface area contributed by atoms with Crippen LogP contribution in [0.3, 0.4) is 0 Å². The molecule has 0 aromatic heterocycles. The zero-order chi connectivity index (χ0) is 15.6. The highest BCUT2D eigenvalue weighted by atomic mass is 35.5. The molecule has 0 radical (unpaired) electrons. The normalized spacial score (nSPS) is 11.2. The maximum atomic E-state index is 12.9. The fourth-order valence-corrected chi connectivity index (χ4v) is 1.75. The number of alkyl halides is 3. The summed E-state index contributed by atoms with van der Waals surface area (Å²) in [6.45, 7) is 0. The van der Waals surface area contributed by atoms with Crippen molar-refractivity contribution in [3.8, 4) is 11.5 Å².